The SMILES string of the molecule is Cn1c(C(=O)N2CCCC2)cc2c(=O)oc3ccccc3c21. The van der Waals surface area contributed by atoms with Crippen molar-refractivity contribution in [2.24, 2.45) is 7.05 Å². The van der Waals surface area contributed by atoms with Crippen molar-refractivity contribution in [3.8, 4) is 0 Å². The van der Waals surface area contributed by atoms with Crippen LogP contribution in [0.15, 0.2) is 39.5 Å². The van der Waals surface area contributed by atoms with E-state index in [4.69, 9.17) is 4.42 Å². The molecule has 0 N–H and O–H groups in total. The smallest absolute Gasteiger partial charge is 0.345 e. The Morgan fingerprint density at radius 2 is 1.86 bits per heavy atom. The maximum Gasteiger partial charge on any atom is 0.345 e. The Morgan fingerprint density at radius 1 is 1.14 bits per heavy atom. The molecule has 1 fully saturated rings. The summed E-state index contributed by atoms with van der Waals surface area (Å²) in [4.78, 5) is 26.7. The fourth-order valence-corrected chi connectivity index (χ4v) is 3.28. The van der Waals surface area contributed by atoms with Gasteiger partial charge < -0.3 is 13.9 Å². The summed E-state index contributed by atoms with van der Waals surface area (Å²) in [5.74, 6) is -0.0142. The summed E-state index contributed by atoms with van der Waals surface area (Å²) >= 11 is 0. The van der Waals surface area contributed by atoms with E-state index in [0.29, 0.717) is 16.7 Å². The molecule has 0 saturated carbocycles. The number of amides is 1. The maximum atomic E-state index is 12.7. The van der Waals surface area contributed by atoms with Crippen LogP contribution >= 0.6 is 0 Å². The predicted molar refractivity (Wildman–Crippen MR) is 84.1 cm³/mol. The summed E-state index contributed by atoms with van der Waals surface area (Å²) in [5, 5.41) is 1.31. The minimum atomic E-state index is -0.398. The van der Waals surface area contributed by atoms with Crippen molar-refractivity contribution in [1.82, 2.24) is 9.47 Å². The number of aromatic nitrogens is 1. The van der Waals surface area contributed by atoms with Gasteiger partial charge in [0.15, 0.2) is 0 Å². The molecule has 5 heteroatoms. The standard InChI is InChI=1S/C17H16N2O3/c1-18-13(16(20)19-8-4-5-9-19)10-12-15(18)11-6-2-3-7-14(11)22-17(12)21/h2-3,6-7,10H,4-5,8-9H2,1H3. The molecule has 3 aromatic rings. The first-order valence-corrected chi connectivity index (χ1v) is 7.47. The summed E-state index contributed by atoms with van der Waals surface area (Å²) in [5.41, 5.74) is 1.45. The van der Waals surface area contributed by atoms with E-state index >= 15 is 0 Å². The van der Waals surface area contributed by atoms with Gasteiger partial charge in [-0.1, -0.05) is 12.1 Å². The summed E-state index contributed by atoms with van der Waals surface area (Å²) in [7, 11) is 1.83. The third kappa shape index (κ3) is 1.78. The number of aryl methyl sites for hydroxylation is 1. The van der Waals surface area contributed by atoms with Gasteiger partial charge in [-0.2, -0.15) is 0 Å². The van der Waals surface area contributed by atoms with Crippen molar-refractivity contribution in [3.63, 3.8) is 0 Å². The third-order valence-electron chi connectivity index (χ3n) is 4.41. The zero-order valence-electron chi connectivity index (χ0n) is 12.3. The number of para-hydroxylation sites is 1. The molecule has 1 aliphatic heterocycles. The van der Waals surface area contributed by atoms with E-state index in [1.807, 2.05) is 34.7 Å². The van der Waals surface area contributed by atoms with E-state index in [1.54, 1.807) is 12.1 Å². The molecular formula is C17H16N2O3. The van der Waals surface area contributed by atoms with E-state index < -0.39 is 5.63 Å². The van der Waals surface area contributed by atoms with Crippen molar-refractivity contribution in [1.29, 1.82) is 0 Å². The Balaban J connectivity index is 2.00. The van der Waals surface area contributed by atoms with Gasteiger partial charge in [0.2, 0.25) is 0 Å². The summed E-state index contributed by atoms with van der Waals surface area (Å²) in [6.45, 7) is 1.57. The number of carbonyl (C=O) groups excluding carboxylic acids is 1. The van der Waals surface area contributed by atoms with Gasteiger partial charge in [0, 0.05) is 25.5 Å². The summed E-state index contributed by atoms with van der Waals surface area (Å²) in [6, 6.07) is 9.07. The zero-order chi connectivity index (χ0) is 15.3. The summed E-state index contributed by atoms with van der Waals surface area (Å²) in [6.07, 6.45) is 2.08. The Labute approximate surface area is 126 Å². The molecular weight excluding hydrogens is 280 g/mol. The molecule has 2 aromatic heterocycles. The first kappa shape index (κ1) is 13.1. The highest BCUT2D eigenvalue weighted by Gasteiger charge is 2.24. The molecule has 5 nitrogen and oxygen atoms in total. The fraction of sp³-hybridized carbons (Fsp3) is 0.294. The van der Waals surface area contributed by atoms with Crippen LogP contribution in [-0.2, 0) is 7.05 Å². The minimum absolute atomic E-state index is 0.0142. The number of carbonyl (C=O) groups is 1. The quantitative estimate of drug-likeness (QED) is 0.648. The average Bonchev–Trinajstić information content (AvgIpc) is 3.15. The highest BCUT2D eigenvalue weighted by atomic mass is 16.4. The largest absolute Gasteiger partial charge is 0.422 e. The summed E-state index contributed by atoms with van der Waals surface area (Å²) < 4.78 is 7.17. The normalized spacial score (nSPS) is 15.0. The lowest BCUT2D eigenvalue weighted by Gasteiger charge is -2.15. The van der Waals surface area contributed by atoms with Crippen LogP contribution in [0.5, 0.6) is 0 Å². The Kier molecular flexibility index (Phi) is 2.82. The van der Waals surface area contributed by atoms with Crippen LogP contribution in [0.4, 0.5) is 0 Å². The monoisotopic (exact) mass is 296 g/mol. The number of likely N-dealkylation sites (tertiary alicyclic amines) is 1. The Bertz CT molecular complexity index is 946. The first-order valence-electron chi connectivity index (χ1n) is 7.47. The van der Waals surface area contributed by atoms with E-state index in [1.165, 1.54) is 0 Å². The molecule has 3 heterocycles. The Morgan fingerprint density at radius 3 is 2.64 bits per heavy atom. The van der Waals surface area contributed by atoms with Crippen molar-refractivity contribution >= 4 is 27.8 Å². The molecule has 0 bridgehead atoms. The molecule has 1 aromatic carbocycles. The van der Waals surface area contributed by atoms with Crippen molar-refractivity contribution in [2.75, 3.05) is 13.1 Å². The second-order valence-electron chi connectivity index (χ2n) is 5.74. The van der Waals surface area contributed by atoms with Crippen LogP contribution in [-0.4, -0.2) is 28.5 Å². The number of hydrogen-bond donors (Lipinski definition) is 0. The second kappa shape index (κ2) is 4.73. The van der Waals surface area contributed by atoms with Gasteiger partial charge in [-0.3, -0.25) is 4.79 Å². The maximum absolute atomic E-state index is 12.7. The van der Waals surface area contributed by atoms with Crippen molar-refractivity contribution < 1.29 is 9.21 Å². The lowest BCUT2D eigenvalue weighted by molar-refractivity contribution is 0.0784. The van der Waals surface area contributed by atoms with E-state index in [9.17, 15) is 9.59 Å². The van der Waals surface area contributed by atoms with Crippen molar-refractivity contribution in [2.45, 2.75) is 12.8 Å². The molecule has 1 aliphatic rings. The molecule has 0 radical (unpaired) electrons. The van der Waals surface area contributed by atoms with Gasteiger partial charge >= 0.3 is 5.63 Å². The average molecular weight is 296 g/mol. The third-order valence-corrected chi connectivity index (χ3v) is 4.41. The van der Waals surface area contributed by atoms with Crippen LogP contribution in [0.2, 0.25) is 0 Å². The number of rotatable bonds is 1. The highest BCUT2D eigenvalue weighted by molar-refractivity contribution is 6.07. The van der Waals surface area contributed by atoms with Crippen molar-refractivity contribution in [3.05, 3.63) is 46.4 Å². The van der Waals surface area contributed by atoms with E-state index in [2.05, 4.69) is 0 Å². The highest BCUT2D eigenvalue weighted by Crippen LogP contribution is 2.26. The van der Waals surface area contributed by atoms with Crippen LogP contribution in [0.1, 0.15) is 23.3 Å². The topological polar surface area (TPSA) is 55.5 Å². The van der Waals surface area contributed by atoms with Crippen LogP contribution in [0.3, 0.4) is 0 Å². The van der Waals surface area contributed by atoms with Crippen LogP contribution < -0.4 is 5.63 Å². The molecule has 112 valence electrons. The molecule has 0 atom stereocenters. The van der Waals surface area contributed by atoms with Crippen LogP contribution in [0, 0.1) is 0 Å². The van der Waals surface area contributed by atoms with Gasteiger partial charge in [-0.05, 0) is 31.0 Å². The molecule has 22 heavy (non-hydrogen) atoms. The van der Waals surface area contributed by atoms with Gasteiger partial charge in [0.05, 0.1) is 10.9 Å². The molecule has 1 amide bonds. The molecule has 0 spiro atoms. The van der Waals surface area contributed by atoms with E-state index in [0.717, 1.165) is 36.8 Å². The lowest BCUT2D eigenvalue weighted by Crippen LogP contribution is -2.29. The van der Waals surface area contributed by atoms with Gasteiger partial charge in [-0.15, -0.1) is 0 Å². The second-order valence-corrected chi connectivity index (χ2v) is 5.74. The van der Waals surface area contributed by atoms with Gasteiger partial charge in [0.1, 0.15) is 11.3 Å². The zero-order valence-corrected chi connectivity index (χ0v) is 12.3. The number of nitrogens with zero attached hydrogens (tertiary/aromatic N) is 2. The first-order chi connectivity index (χ1) is 10.7. The van der Waals surface area contributed by atoms with Gasteiger partial charge in [-0.25, -0.2) is 4.79 Å². The van der Waals surface area contributed by atoms with E-state index in [-0.39, 0.29) is 5.91 Å². The Hall–Kier alpha value is -2.56. The molecule has 4 rings (SSSR count). The fourth-order valence-electron chi connectivity index (χ4n) is 3.28. The van der Waals surface area contributed by atoms with Crippen LogP contribution in [0.25, 0.3) is 21.9 Å². The molecule has 0 unspecified atom stereocenters. The number of benzene rings is 1. The predicted octanol–water partition coefficient (Wildman–Crippen LogP) is 2.52. The lowest BCUT2D eigenvalue weighted by atomic mass is 10.2. The number of hydrogen-bond acceptors (Lipinski definition) is 3. The molecule has 1 saturated heterocycles. The minimum Gasteiger partial charge on any atom is -0.422 e. The molecule has 0 aliphatic carbocycles. The number of fused-ring (bicyclic) bond motifs is 3. The van der Waals surface area contributed by atoms with Gasteiger partial charge in [0.25, 0.3) is 5.91 Å².